The maximum atomic E-state index is 12.8. The minimum Gasteiger partial charge on any atom is -0.465 e. The maximum Gasteiger partial charge on any atom is 0.361 e. The minimum absolute atomic E-state index is 0.158. The van der Waals surface area contributed by atoms with Gasteiger partial charge in [0.1, 0.15) is 6.04 Å². The minimum atomic E-state index is -0.312. The molecule has 1 amide bonds. The monoisotopic (exact) mass is 423 g/mol. The van der Waals surface area contributed by atoms with Crippen molar-refractivity contribution in [3.8, 4) is 0 Å². The van der Waals surface area contributed by atoms with E-state index in [1.165, 1.54) is 7.11 Å². The predicted octanol–water partition coefficient (Wildman–Crippen LogP) is 3.73. The van der Waals surface area contributed by atoms with Crippen LogP contribution in [0.1, 0.15) is 33.1 Å². The van der Waals surface area contributed by atoms with E-state index in [2.05, 4.69) is 5.32 Å². The lowest BCUT2D eigenvalue weighted by atomic mass is 9.95. The summed E-state index contributed by atoms with van der Waals surface area (Å²) in [5.41, 5.74) is 4.13. The van der Waals surface area contributed by atoms with Crippen LogP contribution in [0.15, 0.2) is 72.8 Å². The first kappa shape index (κ1) is 21.6. The topological polar surface area (TPSA) is 72.0 Å². The summed E-state index contributed by atoms with van der Waals surface area (Å²) >= 11 is 6.03. The van der Waals surface area contributed by atoms with E-state index in [0.717, 1.165) is 16.7 Å². The molecule has 30 heavy (non-hydrogen) atoms. The molecule has 3 N–H and O–H groups in total. The Bertz CT molecular complexity index is 1040. The standard InChI is InChI=1S/C24H23ClN2O3/c1-16-11-12-21(27-24(29)18-9-6-10-19(25)14-18)20(13-16)23(26-15-22(28)30-2)17-7-4-3-5-8-17/h3-14,23,26H,15H2,1-2H3,(H,27,29)/p+1/t23-/m0/s1. The lowest BCUT2D eigenvalue weighted by Crippen LogP contribution is -2.87. The van der Waals surface area contributed by atoms with Crippen molar-refractivity contribution in [1.82, 2.24) is 0 Å². The number of nitrogens with one attached hydrogen (secondary N) is 1. The highest BCUT2D eigenvalue weighted by molar-refractivity contribution is 6.31. The van der Waals surface area contributed by atoms with Crippen LogP contribution in [0.3, 0.4) is 0 Å². The number of aryl methyl sites for hydroxylation is 1. The van der Waals surface area contributed by atoms with E-state index < -0.39 is 0 Å². The van der Waals surface area contributed by atoms with Crippen molar-refractivity contribution in [1.29, 1.82) is 0 Å². The van der Waals surface area contributed by atoms with Crippen LogP contribution in [0.2, 0.25) is 5.02 Å². The lowest BCUT2D eigenvalue weighted by Gasteiger charge is -2.20. The summed E-state index contributed by atoms with van der Waals surface area (Å²) < 4.78 is 4.81. The largest absolute Gasteiger partial charge is 0.465 e. The second-order valence-corrected chi connectivity index (χ2v) is 7.40. The molecule has 0 bridgehead atoms. The van der Waals surface area contributed by atoms with Crippen LogP contribution in [0.25, 0.3) is 0 Å². The quantitative estimate of drug-likeness (QED) is 0.569. The molecule has 0 aliphatic carbocycles. The average Bonchev–Trinajstić information content (AvgIpc) is 2.76. The fourth-order valence-corrected chi connectivity index (χ4v) is 3.47. The van der Waals surface area contributed by atoms with Crippen LogP contribution in [0.5, 0.6) is 0 Å². The van der Waals surface area contributed by atoms with Gasteiger partial charge in [0.05, 0.1) is 12.8 Å². The number of carbonyl (C=O) groups is 2. The number of carbonyl (C=O) groups excluding carboxylic acids is 2. The zero-order valence-corrected chi connectivity index (χ0v) is 17.6. The molecule has 6 heteroatoms. The van der Waals surface area contributed by atoms with Crippen LogP contribution < -0.4 is 10.6 Å². The van der Waals surface area contributed by atoms with Gasteiger partial charge in [-0.1, -0.05) is 59.6 Å². The van der Waals surface area contributed by atoms with E-state index in [1.807, 2.05) is 60.8 Å². The molecule has 0 saturated carbocycles. The Kier molecular flexibility index (Phi) is 7.22. The molecule has 0 aliphatic heterocycles. The predicted molar refractivity (Wildman–Crippen MR) is 118 cm³/mol. The summed E-state index contributed by atoms with van der Waals surface area (Å²) in [6.07, 6.45) is 0. The summed E-state index contributed by atoms with van der Waals surface area (Å²) in [6, 6.07) is 22.3. The highest BCUT2D eigenvalue weighted by atomic mass is 35.5. The molecule has 3 rings (SSSR count). The Morgan fingerprint density at radius 3 is 2.50 bits per heavy atom. The third kappa shape index (κ3) is 5.47. The fraction of sp³-hybridized carbons (Fsp3) is 0.167. The van der Waals surface area contributed by atoms with E-state index >= 15 is 0 Å². The lowest BCUT2D eigenvalue weighted by molar-refractivity contribution is -0.677. The molecule has 0 aliphatic rings. The van der Waals surface area contributed by atoms with Crippen LogP contribution in [-0.4, -0.2) is 25.5 Å². The summed E-state index contributed by atoms with van der Waals surface area (Å²) in [7, 11) is 1.37. The van der Waals surface area contributed by atoms with Crippen LogP contribution >= 0.6 is 11.6 Å². The van der Waals surface area contributed by atoms with Crippen LogP contribution in [-0.2, 0) is 9.53 Å². The molecular formula is C24H24ClN2O3+. The Labute approximate surface area is 181 Å². The molecule has 5 nitrogen and oxygen atoms in total. The van der Waals surface area contributed by atoms with Crippen molar-refractivity contribution in [2.75, 3.05) is 19.0 Å². The number of rotatable bonds is 7. The van der Waals surface area contributed by atoms with Gasteiger partial charge in [0.25, 0.3) is 5.91 Å². The molecular weight excluding hydrogens is 400 g/mol. The number of hydrogen-bond acceptors (Lipinski definition) is 3. The van der Waals surface area contributed by atoms with Gasteiger partial charge in [-0.15, -0.1) is 0 Å². The number of ether oxygens (including phenoxy) is 1. The summed E-state index contributed by atoms with van der Waals surface area (Å²) in [5.74, 6) is -0.560. The smallest absolute Gasteiger partial charge is 0.361 e. The SMILES string of the molecule is COC(=O)C[NH2+][C@@H](c1ccccc1)c1cc(C)ccc1NC(=O)c1cccc(Cl)c1. The number of methoxy groups -OCH3 is 1. The van der Waals surface area contributed by atoms with E-state index in [4.69, 9.17) is 16.3 Å². The van der Waals surface area contributed by atoms with Gasteiger partial charge in [-0.25, -0.2) is 4.79 Å². The average molecular weight is 424 g/mol. The molecule has 3 aromatic rings. The van der Waals surface area contributed by atoms with Gasteiger partial charge in [-0.05, 0) is 37.3 Å². The normalized spacial score (nSPS) is 11.6. The first-order valence-corrected chi connectivity index (χ1v) is 9.98. The number of amides is 1. The van der Waals surface area contributed by atoms with Gasteiger partial charge in [-0.2, -0.15) is 0 Å². The number of hydrogen-bond donors (Lipinski definition) is 2. The van der Waals surface area contributed by atoms with E-state index in [1.54, 1.807) is 24.3 Å². The Morgan fingerprint density at radius 2 is 1.80 bits per heavy atom. The number of anilines is 1. The molecule has 0 unspecified atom stereocenters. The van der Waals surface area contributed by atoms with E-state index in [-0.39, 0.29) is 24.5 Å². The third-order valence-electron chi connectivity index (χ3n) is 4.78. The van der Waals surface area contributed by atoms with Crippen molar-refractivity contribution in [2.24, 2.45) is 0 Å². The first-order chi connectivity index (χ1) is 14.5. The summed E-state index contributed by atoms with van der Waals surface area (Å²) in [5, 5.41) is 5.41. The van der Waals surface area contributed by atoms with Gasteiger partial charge >= 0.3 is 5.97 Å². The van der Waals surface area contributed by atoms with Gasteiger partial charge < -0.3 is 15.4 Å². The van der Waals surface area contributed by atoms with Crippen molar-refractivity contribution in [3.63, 3.8) is 0 Å². The Morgan fingerprint density at radius 1 is 1.03 bits per heavy atom. The fourth-order valence-electron chi connectivity index (χ4n) is 3.28. The van der Waals surface area contributed by atoms with Gasteiger partial charge in [0.15, 0.2) is 6.54 Å². The highest BCUT2D eigenvalue weighted by Gasteiger charge is 2.23. The molecule has 0 heterocycles. The van der Waals surface area contributed by atoms with Crippen LogP contribution in [0.4, 0.5) is 5.69 Å². The summed E-state index contributed by atoms with van der Waals surface area (Å²) in [6.45, 7) is 2.15. The number of benzene rings is 3. The first-order valence-electron chi connectivity index (χ1n) is 9.60. The molecule has 0 radical (unpaired) electrons. The molecule has 0 aromatic heterocycles. The molecule has 3 aromatic carbocycles. The number of halogens is 1. The molecule has 0 saturated heterocycles. The Balaban J connectivity index is 1.97. The number of nitrogens with two attached hydrogens (primary N) is 1. The van der Waals surface area contributed by atoms with Gasteiger partial charge in [0, 0.05) is 21.7 Å². The van der Waals surface area contributed by atoms with E-state index in [0.29, 0.717) is 16.3 Å². The maximum absolute atomic E-state index is 12.8. The van der Waals surface area contributed by atoms with Crippen molar-refractivity contribution >= 4 is 29.2 Å². The molecule has 0 fully saturated rings. The van der Waals surface area contributed by atoms with Crippen molar-refractivity contribution < 1.29 is 19.6 Å². The highest BCUT2D eigenvalue weighted by Crippen LogP contribution is 2.27. The zero-order valence-electron chi connectivity index (χ0n) is 16.9. The molecule has 1 atom stereocenters. The van der Waals surface area contributed by atoms with Crippen molar-refractivity contribution in [3.05, 3.63) is 100 Å². The number of quaternary nitrogens is 1. The Hall–Kier alpha value is -3.15. The molecule has 0 spiro atoms. The van der Waals surface area contributed by atoms with Crippen LogP contribution in [0, 0.1) is 6.92 Å². The zero-order chi connectivity index (χ0) is 21.5. The van der Waals surface area contributed by atoms with Gasteiger partial charge in [0.2, 0.25) is 0 Å². The number of esters is 1. The summed E-state index contributed by atoms with van der Waals surface area (Å²) in [4.78, 5) is 24.6. The third-order valence-corrected chi connectivity index (χ3v) is 5.02. The van der Waals surface area contributed by atoms with Gasteiger partial charge in [-0.3, -0.25) is 4.79 Å². The second kappa shape index (κ2) is 10.1. The van der Waals surface area contributed by atoms with Crippen molar-refractivity contribution in [2.45, 2.75) is 13.0 Å². The molecule has 154 valence electrons. The van der Waals surface area contributed by atoms with E-state index in [9.17, 15) is 9.59 Å². The second-order valence-electron chi connectivity index (χ2n) is 6.96.